The van der Waals surface area contributed by atoms with Gasteiger partial charge in [-0.05, 0) is 50.0 Å². The lowest BCUT2D eigenvalue weighted by Crippen LogP contribution is -2.20. The van der Waals surface area contributed by atoms with E-state index in [2.05, 4.69) is 5.32 Å². The van der Waals surface area contributed by atoms with E-state index < -0.39 is 0 Å². The van der Waals surface area contributed by atoms with Crippen molar-refractivity contribution < 1.29 is 4.74 Å². The lowest BCUT2D eigenvalue weighted by Gasteiger charge is -2.21. The molecule has 0 aromatic carbocycles. The van der Waals surface area contributed by atoms with Crippen molar-refractivity contribution in [2.24, 2.45) is 17.8 Å². The third-order valence-electron chi connectivity index (χ3n) is 4.55. The molecule has 2 aliphatic rings. The van der Waals surface area contributed by atoms with E-state index in [9.17, 15) is 0 Å². The fourth-order valence-corrected chi connectivity index (χ4v) is 3.69. The molecular formula is C14H27NO. The summed E-state index contributed by atoms with van der Waals surface area (Å²) >= 11 is 0. The van der Waals surface area contributed by atoms with E-state index in [0.29, 0.717) is 0 Å². The van der Waals surface area contributed by atoms with Crippen LogP contribution >= 0.6 is 0 Å². The number of methoxy groups -OCH3 is 1. The lowest BCUT2D eigenvalue weighted by molar-refractivity contribution is 0.199. The topological polar surface area (TPSA) is 21.3 Å². The van der Waals surface area contributed by atoms with Gasteiger partial charge in [-0.1, -0.05) is 19.3 Å². The van der Waals surface area contributed by atoms with Gasteiger partial charge >= 0.3 is 0 Å². The van der Waals surface area contributed by atoms with Crippen molar-refractivity contribution in [1.82, 2.24) is 5.32 Å². The van der Waals surface area contributed by atoms with Crippen LogP contribution in [0.5, 0.6) is 0 Å². The molecule has 0 saturated heterocycles. The molecule has 3 atom stereocenters. The van der Waals surface area contributed by atoms with Crippen LogP contribution in [0.15, 0.2) is 0 Å². The van der Waals surface area contributed by atoms with E-state index in [1.165, 1.54) is 25.8 Å². The molecule has 2 bridgehead atoms. The zero-order valence-electron chi connectivity index (χ0n) is 10.7. The van der Waals surface area contributed by atoms with Gasteiger partial charge in [0.25, 0.3) is 0 Å². The molecule has 0 spiro atoms. The highest BCUT2D eigenvalue weighted by Gasteiger charge is 2.38. The minimum atomic E-state index is 0.840. The van der Waals surface area contributed by atoms with E-state index in [1.807, 2.05) is 0 Å². The number of nitrogens with one attached hydrogen (secondary N) is 1. The molecule has 0 radical (unpaired) electrons. The van der Waals surface area contributed by atoms with E-state index >= 15 is 0 Å². The van der Waals surface area contributed by atoms with Gasteiger partial charge in [-0.2, -0.15) is 0 Å². The van der Waals surface area contributed by atoms with Gasteiger partial charge in [0, 0.05) is 13.7 Å². The first kappa shape index (κ1) is 12.4. The molecule has 0 heterocycles. The van der Waals surface area contributed by atoms with E-state index in [0.717, 1.165) is 30.9 Å². The van der Waals surface area contributed by atoms with Crippen molar-refractivity contribution >= 4 is 0 Å². The first-order valence-corrected chi connectivity index (χ1v) is 7.10. The van der Waals surface area contributed by atoms with Crippen LogP contribution in [0, 0.1) is 17.8 Å². The van der Waals surface area contributed by atoms with Crippen LogP contribution in [0.3, 0.4) is 0 Å². The van der Waals surface area contributed by atoms with E-state index in [-0.39, 0.29) is 0 Å². The summed E-state index contributed by atoms with van der Waals surface area (Å²) in [7, 11) is 1.76. The summed E-state index contributed by atoms with van der Waals surface area (Å²) in [5.74, 6) is 3.33. The molecule has 2 saturated carbocycles. The van der Waals surface area contributed by atoms with Crippen LogP contribution in [0.4, 0.5) is 0 Å². The third kappa shape index (κ3) is 3.46. The SMILES string of the molecule is COCCNCCCCC1CC2CCC1C2. The largest absolute Gasteiger partial charge is 0.383 e. The van der Waals surface area contributed by atoms with Crippen molar-refractivity contribution in [2.75, 3.05) is 26.8 Å². The number of hydrogen-bond donors (Lipinski definition) is 1. The average molecular weight is 225 g/mol. The molecule has 1 N–H and O–H groups in total. The maximum absolute atomic E-state index is 5.00. The Morgan fingerprint density at radius 2 is 2.06 bits per heavy atom. The van der Waals surface area contributed by atoms with E-state index in [1.54, 1.807) is 32.8 Å². The van der Waals surface area contributed by atoms with Gasteiger partial charge in [-0.25, -0.2) is 0 Å². The lowest BCUT2D eigenvalue weighted by atomic mass is 9.85. The number of rotatable bonds is 8. The summed E-state index contributed by atoms with van der Waals surface area (Å²) in [6, 6.07) is 0. The molecule has 16 heavy (non-hydrogen) atoms. The van der Waals surface area contributed by atoms with Gasteiger partial charge in [-0.15, -0.1) is 0 Å². The Kier molecular flexibility index (Phi) is 5.11. The van der Waals surface area contributed by atoms with Crippen molar-refractivity contribution in [3.8, 4) is 0 Å². The van der Waals surface area contributed by atoms with Gasteiger partial charge in [-0.3, -0.25) is 0 Å². The van der Waals surface area contributed by atoms with Gasteiger partial charge in [0.15, 0.2) is 0 Å². The molecule has 0 aliphatic heterocycles. The second-order valence-corrected chi connectivity index (χ2v) is 5.67. The van der Waals surface area contributed by atoms with Gasteiger partial charge in [0.05, 0.1) is 6.61 Å². The van der Waals surface area contributed by atoms with Gasteiger partial charge < -0.3 is 10.1 Å². The Morgan fingerprint density at radius 3 is 2.75 bits per heavy atom. The average Bonchev–Trinajstić information content (AvgIpc) is 2.90. The van der Waals surface area contributed by atoms with Crippen molar-refractivity contribution in [3.63, 3.8) is 0 Å². The number of fused-ring (bicyclic) bond motifs is 2. The molecule has 0 amide bonds. The maximum atomic E-state index is 5.00. The fourth-order valence-electron chi connectivity index (χ4n) is 3.69. The molecule has 2 nitrogen and oxygen atoms in total. The molecule has 0 aromatic heterocycles. The molecule has 2 aliphatic carbocycles. The van der Waals surface area contributed by atoms with Crippen LogP contribution in [-0.2, 0) is 4.74 Å². The third-order valence-corrected chi connectivity index (χ3v) is 4.55. The zero-order valence-corrected chi connectivity index (χ0v) is 10.7. The number of hydrogen-bond acceptors (Lipinski definition) is 2. The first-order chi connectivity index (χ1) is 7.90. The van der Waals surface area contributed by atoms with E-state index in [4.69, 9.17) is 4.74 Å². The standard InChI is InChI=1S/C14H27NO/c1-16-9-8-15-7-3-2-4-13-10-12-5-6-14(13)11-12/h12-15H,2-11H2,1H3. The smallest absolute Gasteiger partial charge is 0.0587 e. The van der Waals surface area contributed by atoms with Crippen molar-refractivity contribution in [2.45, 2.75) is 44.9 Å². The Bertz CT molecular complexity index is 195. The summed E-state index contributed by atoms with van der Waals surface area (Å²) < 4.78 is 5.00. The Labute approximate surface area is 100 Å². The second-order valence-electron chi connectivity index (χ2n) is 5.67. The van der Waals surface area contributed by atoms with Crippen LogP contribution in [-0.4, -0.2) is 26.8 Å². The molecule has 3 unspecified atom stereocenters. The van der Waals surface area contributed by atoms with Gasteiger partial charge in [0.1, 0.15) is 0 Å². The number of ether oxygens (including phenoxy) is 1. The highest BCUT2D eigenvalue weighted by Crippen LogP contribution is 2.49. The van der Waals surface area contributed by atoms with Crippen LogP contribution < -0.4 is 5.32 Å². The first-order valence-electron chi connectivity index (χ1n) is 7.10. The predicted octanol–water partition coefficient (Wildman–Crippen LogP) is 2.83. The van der Waals surface area contributed by atoms with Crippen molar-refractivity contribution in [1.29, 1.82) is 0 Å². The summed E-state index contributed by atoms with van der Waals surface area (Å²) in [6.45, 7) is 3.02. The summed E-state index contributed by atoms with van der Waals surface area (Å²) in [5, 5.41) is 3.42. The predicted molar refractivity (Wildman–Crippen MR) is 67.5 cm³/mol. The fraction of sp³-hybridized carbons (Fsp3) is 1.00. The molecular weight excluding hydrogens is 198 g/mol. The Morgan fingerprint density at radius 1 is 1.12 bits per heavy atom. The summed E-state index contributed by atoms with van der Waals surface area (Å²) in [5.41, 5.74) is 0. The monoisotopic (exact) mass is 225 g/mol. The second kappa shape index (κ2) is 6.61. The van der Waals surface area contributed by atoms with Crippen LogP contribution in [0.2, 0.25) is 0 Å². The highest BCUT2D eigenvalue weighted by molar-refractivity contribution is 4.89. The Balaban J connectivity index is 1.43. The van der Waals surface area contributed by atoms with Crippen LogP contribution in [0.25, 0.3) is 0 Å². The molecule has 2 rings (SSSR count). The highest BCUT2D eigenvalue weighted by atomic mass is 16.5. The summed E-state index contributed by atoms with van der Waals surface area (Å²) in [4.78, 5) is 0. The van der Waals surface area contributed by atoms with Crippen LogP contribution in [0.1, 0.15) is 44.9 Å². The van der Waals surface area contributed by atoms with Crippen molar-refractivity contribution in [3.05, 3.63) is 0 Å². The minimum Gasteiger partial charge on any atom is -0.383 e. The zero-order chi connectivity index (χ0) is 11.2. The Hall–Kier alpha value is -0.0800. The molecule has 0 aromatic rings. The molecule has 2 heteroatoms. The maximum Gasteiger partial charge on any atom is 0.0587 e. The normalized spacial score (nSPS) is 32.4. The molecule has 94 valence electrons. The quantitative estimate of drug-likeness (QED) is 0.641. The van der Waals surface area contributed by atoms with Gasteiger partial charge in [0.2, 0.25) is 0 Å². The molecule has 2 fully saturated rings. The summed E-state index contributed by atoms with van der Waals surface area (Å²) in [6.07, 6.45) is 10.5. The minimum absolute atomic E-state index is 0.840. The number of unbranched alkanes of at least 4 members (excludes halogenated alkanes) is 1.